The van der Waals surface area contributed by atoms with E-state index in [1.54, 1.807) is 16.9 Å². The van der Waals surface area contributed by atoms with Crippen molar-refractivity contribution in [3.05, 3.63) is 23.8 Å². The highest BCUT2D eigenvalue weighted by Gasteiger charge is 2.48. The highest BCUT2D eigenvalue weighted by atomic mass is 16.5. The molecule has 3 rings (SSSR count). The normalized spacial score (nSPS) is 23.7. The van der Waals surface area contributed by atoms with Gasteiger partial charge in [-0.15, -0.1) is 0 Å². The van der Waals surface area contributed by atoms with E-state index in [2.05, 4.69) is 5.32 Å². The number of carbonyl (C=O) groups is 2. The lowest BCUT2D eigenvalue weighted by atomic mass is 9.78. The number of benzene rings is 1. The first-order valence-corrected chi connectivity index (χ1v) is 8.41. The van der Waals surface area contributed by atoms with Gasteiger partial charge in [-0.25, -0.2) is 4.79 Å². The first-order chi connectivity index (χ1) is 11.4. The molecule has 0 radical (unpaired) electrons. The van der Waals surface area contributed by atoms with Crippen LogP contribution in [0.25, 0.3) is 0 Å². The standard InChI is InChI=1S/C18H25N3O3/c1-13-11-14(24-3)5-6-15(13)19-17(23)21-10-8-18(12-21)7-4-9-20(2)16(18)22/h5-6,11H,4,7-10,12H2,1-3H3,(H,19,23)/t18-/m1/s1. The number of aryl methyl sites for hydroxylation is 1. The summed E-state index contributed by atoms with van der Waals surface area (Å²) in [5, 5.41) is 2.96. The van der Waals surface area contributed by atoms with Gasteiger partial charge in [0.1, 0.15) is 5.75 Å². The van der Waals surface area contributed by atoms with Crippen LogP contribution in [0.4, 0.5) is 10.5 Å². The quantitative estimate of drug-likeness (QED) is 0.905. The number of piperidine rings is 1. The van der Waals surface area contributed by atoms with Crippen LogP contribution >= 0.6 is 0 Å². The first-order valence-electron chi connectivity index (χ1n) is 8.41. The Morgan fingerprint density at radius 3 is 2.79 bits per heavy atom. The molecule has 0 saturated carbocycles. The van der Waals surface area contributed by atoms with Crippen molar-refractivity contribution in [2.45, 2.75) is 26.2 Å². The summed E-state index contributed by atoms with van der Waals surface area (Å²) < 4.78 is 5.19. The molecule has 2 aliphatic rings. The van der Waals surface area contributed by atoms with E-state index in [0.717, 1.165) is 42.8 Å². The molecule has 2 heterocycles. The number of carbonyl (C=O) groups excluding carboxylic acids is 2. The van der Waals surface area contributed by atoms with Gasteiger partial charge in [-0.05, 0) is 49.9 Å². The van der Waals surface area contributed by atoms with Gasteiger partial charge in [0.2, 0.25) is 5.91 Å². The van der Waals surface area contributed by atoms with Crippen molar-refractivity contribution in [1.29, 1.82) is 0 Å². The van der Waals surface area contributed by atoms with E-state index in [1.807, 2.05) is 32.2 Å². The number of anilines is 1. The van der Waals surface area contributed by atoms with Crippen molar-refractivity contribution in [3.8, 4) is 5.75 Å². The van der Waals surface area contributed by atoms with Gasteiger partial charge >= 0.3 is 6.03 Å². The largest absolute Gasteiger partial charge is 0.497 e. The number of methoxy groups -OCH3 is 1. The maximum absolute atomic E-state index is 12.6. The Labute approximate surface area is 142 Å². The molecule has 1 N–H and O–H groups in total. The Bertz CT molecular complexity index is 661. The number of amides is 3. The summed E-state index contributed by atoms with van der Waals surface area (Å²) >= 11 is 0. The predicted molar refractivity (Wildman–Crippen MR) is 92.2 cm³/mol. The van der Waals surface area contributed by atoms with E-state index < -0.39 is 0 Å². The van der Waals surface area contributed by atoms with Gasteiger partial charge in [0, 0.05) is 32.4 Å². The summed E-state index contributed by atoms with van der Waals surface area (Å²) in [7, 11) is 3.47. The maximum atomic E-state index is 12.6. The zero-order chi connectivity index (χ0) is 17.3. The SMILES string of the molecule is COc1ccc(NC(=O)N2CC[C@]3(CCCN(C)C3=O)C2)c(C)c1. The maximum Gasteiger partial charge on any atom is 0.321 e. The molecule has 0 aliphatic carbocycles. The van der Waals surface area contributed by atoms with Crippen LogP contribution in [0.1, 0.15) is 24.8 Å². The van der Waals surface area contributed by atoms with Crippen molar-refractivity contribution in [2.75, 3.05) is 39.1 Å². The molecule has 3 amide bonds. The fraction of sp³-hybridized carbons (Fsp3) is 0.556. The number of nitrogens with zero attached hydrogens (tertiary/aromatic N) is 2. The Morgan fingerprint density at radius 1 is 1.29 bits per heavy atom. The number of rotatable bonds is 2. The third-order valence-electron chi connectivity index (χ3n) is 5.27. The molecule has 0 bridgehead atoms. The van der Waals surface area contributed by atoms with Crippen LogP contribution in [0, 0.1) is 12.3 Å². The van der Waals surface area contributed by atoms with E-state index >= 15 is 0 Å². The molecule has 0 aromatic heterocycles. The highest BCUT2D eigenvalue weighted by Crippen LogP contribution is 2.39. The van der Waals surface area contributed by atoms with Crippen molar-refractivity contribution in [2.24, 2.45) is 5.41 Å². The van der Waals surface area contributed by atoms with Crippen molar-refractivity contribution in [1.82, 2.24) is 9.80 Å². The number of urea groups is 1. The Morgan fingerprint density at radius 2 is 2.08 bits per heavy atom. The second-order valence-electron chi connectivity index (χ2n) is 6.89. The molecule has 6 heteroatoms. The zero-order valence-corrected chi connectivity index (χ0v) is 14.6. The minimum atomic E-state index is -0.376. The lowest BCUT2D eigenvalue weighted by Crippen LogP contribution is -2.49. The fourth-order valence-corrected chi connectivity index (χ4v) is 3.79. The van der Waals surface area contributed by atoms with Gasteiger partial charge in [0.15, 0.2) is 0 Å². The number of hydrogen-bond donors (Lipinski definition) is 1. The highest BCUT2D eigenvalue weighted by molar-refractivity contribution is 5.92. The van der Waals surface area contributed by atoms with E-state index in [4.69, 9.17) is 4.74 Å². The van der Waals surface area contributed by atoms with Gasteiger partial charge in [-0.1, -0.05) is 0 Å². The van der Waals surface area contributed by atoms with E-state index in [1.165, 1.54) is 0 Å². The molecular formula is C18H25N3O3. The van der Waals surface area contributed by atoms with E-state index in [9.17, 15) is 9.59 Å². The second kappa shape index (κ2) is 6.34. The number of nitrogens with one attached hydrogen (secondary N) is 1. The average Bonchev–Trinajstić information content (AvgIpc) is 3.00. The summed E-state index contributed by atoms with van der Waals surface area (Å²) in [6.07, 6.45) is 2.64. The molecular weight excluding hydrogens is 306 g/mol. The molecule has 1 aromatic rings. The molecule has 130 valence electrons. The lowest BCUT2D eigenvalue weighted by molar-refractivity contribution is -0.143. The van der Waals surface area contributed by atoms with E-state index in [0.29, 0.717) is 13.1 Å². The molecule has 6 nitrogen and oxygen atoms in total. The summed E-state index contributed by atoms with van der Waals surface area (Å²) in [5.41, 5.74) is 1.35. The van der Waals surface area contributed by atoms with Crippen LogP contribution < -0.4 is 10.1 Å². The Hall–Kier alpha value is -2.24. The monoisotopic (exact) mass is 331 g/mol. The molecule has 1 atom stereocenters. The van der Waals surface area contributed by atoms with Crippen molar-refractivity contribution < 1.29 is 14.3 Å². The minimum absolute atomic E-state index is 0.138. The van der Waals surface area contributed by atoms with Crippen LogP contribution in [0.3, 0.4) is 0 Å². The van der Waals surface area contributed by atoms with Crippen LogP contribution in [0.2, 0.25) is 0 Å². The molecule has 2 fully saturated rings. The van der Waals surface area contributed by atoms with Crippen LogP contribution in [0.15, 0.2) is 18.2 Å². The fourth-order valence-electron chi connectivity index (χ4n) is 3.79. The van der Waals surface area contributed by atoms with Gasteiger partial charge in [-0.2, -0.15) is 0 Å². The molecule has 24 heavy (non-hydrogen) atoms. The van der Waals surface area contributed by atoms with Crippen LogP contribution in [-0.2, 0) is 4.79 Å². The lowest BCUT2D eigenvalue weighted by Gasteiger charge is -2.37. The van der Waals surface area contributed by atoms with Gasteiger partial charge in [0.05, 0.1) is 12.5 Å². The van der Waals surface area contributed by atoms with Gasteiger partial charge in [-0.3, -0.25) is 4.79 Å². The third-order valence-corrected chi connectivity index (χ3v) is 5.27. The van der Waals surface area contributed by atoms with E-state index in [-0.39, 0.29) is 17.4 Å². The number of ether oxygens (including phenoxy) is 1. The van der Waals surface area contributed by atoms with Gasteiger partial charge in [0.25, 0.3) is 0 Å². The first kappa shape index (κ1) is 16.6. The summed E-state index contributed by atoms with van der Waals surface area (Å²) in [6.45, 7) is 3.89. The zero-order valence-electron chi connectivity index (χ0n) is 14.6. The molecule has 2 aliphatic heterocycles. The Balaban J connectivity index is 1.68. The molecule has 0 unspecified atom stereocenters. The summed E-state index contributed by atoms with van der Waals surface area (Å²) in [4.78, 5) is 28.7. The van der Waals surface area contributed by atoms with Crippen molar-refractivity contribution >= 4 is 17.6 Å². The van der Waals surface area contributed by atoms with Crippen LogP contribution in [0.5, 0.6) is 5.75 Å². The summed E-state index contributed by atoms with van der Waals surface area (Å²) in [6, 6.07) is 5.42. The Kier molecular flexibility index (Phi) is 4.39. The smallest absolute Gasteiger partial charge is 0.321 e. The van der Waals surface area contributed by atoms with Crippen LogP contribution in [-0.4, -0.2) is 55.5 Å². The minimum Gasteiger partial charge on any atom is -0.497 e. The molecule has 2 saturated heterocycles. The van der Waals surface area contributed by atoms with Gasteiger partial charge < -0.3 is 19.9 Å². The number of likely N-dealkylation sites (tertiary alicyclic amines) is 2. The number of hydrogen-bond acceptors (Lipinski definition) is 3. The summed E-state index contributed by atoms with van der Waals surface area (Å²) in [5.74, 6) is 0.950. The average molecular weight is 331 g/mol. The predicted octanol–water partition coefficient (Wildman–Crippen LogP) is 2.48. The molecule has 1 spiro atoms. The second-order valence-corrected chi connectivity index (χ2v) is 6.89. The third kappa shape index (κ3) is 2.92. The molecule has 1 aromatic carbocycles. The topological polar surface area (TPSA) is 61.9 Å². The van der Waals surface area contributed by atoms with Crippen molar-refractivity contribution in [3.63, 3.8) is 0 Å².